The minimum atomic E-state index is -5.42. The second kappa shape index (κ2) is 38.4. The Kier molecular flexibility index (Phi) is 39.8. The van der Waals surface area contributed by atoms with E-state index in [1.165, 1.54) is 0 Å². The number of rotatable bonds is 24. The molecule has 48 heteroatoms. The Morgan fingerprint density at radius 3 is 0.517 bits per heavy atom. The summed E-state index contributed by atoms with van der Waals surface area (Å²) < 4.78 is 122. The Labute approximate surface area is 622 Å². The standard InChI is InChI=1S/C39H39N3O33P6.6Na/c1-64-76(52,53)70-34(46)22-10-23(35(47)71-77(54,55)65-2)14-28(13-22)40-31(43)19-7-20(32(44)41-29-15-24(36(48)72-78(56,57)66-3)11-25(16-29)37(49)73-79(58,59)67-4)9-21(8-19)33(45)42-30-17-26(38(50)74-80(60,61)68-5)12-27(18-30)39(51)75-81(62,63)69-6;;;;;;/h7-18H,1-6H3,(H,40,43)(H,41,44)(H,42,45)(H,52,53)(H,54,55)(H,56,57)(H,58,59)(H,60,61)(H,62,63);;;;;;/q;6*+1/p-6. The minimum Gasteiger partial charge on any atom is -0.746 e. The van der Waals surface area contributed by atoms with E-state index in [4.69, 9.17) is 0 Å². The van der Waals surface area contributed by atoms with Gasteiger partial charge >= 0.3 is 260 Å². The van der Waals surface area contributed by atoms with Crippen LogP contribution in [0.5, 0.6) is 0 Å². The Bertz CT molecular complexity index is 3040. The summed E-state index contributed by atoms with van der Waals surface area (Å²) in [7, 11) is -29.0. The molecular formula is C39H33N3Na6O33P6. The van der Waals surface area contributed by atoms with Gasteiger partial charge < -0.3 is 99.6 Å². The first-order valence-electron chi connectivity index (χ1n) is 20.6. The van der Waals surface area contributed by atoms with Crippen LogP contribution in [0.3, 0.4) is 0 Å². The predicted molar refractivity (Wildman–Crippen MR) is 250 cm³/mol. The van der Waals surface area contributed by atoms with Crippen molar-refractivity contribution in [1.82, 2.24) is 0 Å². The van der Waals surface area contributed by atoms with E-state index in [1.807, 2.05) is 0 Å². The van der Waals surface area contributed by atoms with Gasteiger partial charge in [-0.3, -0.25) is 41.8 Å². The molecule has 4 aromatic rings. The Morgan fingerprint density at radius 2 is 0.391 bits per heavy atom. The van der Waals surface area contributed by atoms with E-state index in [2.05, 4.69) is 70.2 Å². The molecule has 36 nitrogen and oxygen atoms in total. The van der Waals surface area contributed by atoms with E-state index in [0.717, 1.165) is 0 Å². The molecule has 0 radical (unpaired) electrons. The summed E-state index contributed by atoms with van der Waals surface area (Å²) in [6, 6.07) is 7.24. The largest absolute Gasteiger partial charge is 1.00 e. The van der Waals surface area contributed by atoms with Crippen LogP contribution in [0, 0.1) is 0 Å². The molecule has 0 aliphatic carbocycles. The van der Waals surface area contributed by atoms with Crippen molar-refractivity contribution in [3.8, 4) is 0 Å². The predicted octanol–water partition coefficient (Wildman–Crippen LogP) is -16.9. The fourth-order valence-electron chi connectivity index (χ4n) is 5.59. The molecule has 0 bridgehead atoms. The number of anilines is 3. The van der Waals surface area contributed by atoms with Gasteiger partial charge in [-0.1, -0.05) is 0 Å². The summed E-state index contributed by atoms with van der Waals surface area (Å²) in [5.74, 6) is -15.4. The van der Waals surface area contributed by atoms with Gasteiger partial charge in [0.2, 0.25) is 0 Å². The van der Waals surface area contributed by atoms with Crippen LogP contribution in [0.4, 0.5) is 17.1 Å². The summed E-state index contributed by atoms with van der Waals surface area (Å²) in [6.45, 7) is 0. The van der Waals surface area contributed by atoms with E-state index in [9.17, 15) is 99.9 Å². The van der Waals surface area contributed by atoms with Gasteiger partial charge in [-0.05, 0) is 72.8 Å². The molecule has 4 rings (SSSR count). The zero-order valence-corrected chi connectivity index (χ0v) is 64.5. The number of amides is 3. The molecule has 0 fully saturated rings. The normalized spacial score (nSPS) is 14.5. The number of hydrogen-bond donors (Lipinski definition) is 3. The van der Waals surface area contributed by atoms with E-state index >= 15 is 0 Å². The summed E-state index contributed by atoms with van der Waals surface area (Å²) in [5.41, 5.74) is -10.4. The minimum absolute atomic E-state index is 0. The summed E-state index contributed by atoms with van der Waals surface area (Å²) >= 11 is 0. The van der Waals surface area contributed by atoms with Crippen molar-refractivity contribution in [1.29, 1.82) is 0 Å². The molecule has 4 aromatic carbocycles. The molecule has 6 unspecified atom stereocenters. The van der Waals surface area contributed by atoms with Crippen LogP contribution in [0.1, 0.15) is 93.2 Å². The molecule has 3 N–H and O–H groups in total. The Morgan fingerprint density at radius 1 is 0.264 bits per heavy atom. The molecule has 6 atom stereocenters. The third-order valence-corrected chi connectivity index (χ3v) is 14.2. The maximum Gasteiger partial charge on any atom is 1.00 e. The molecule has 0 aromatic heterocycles. The number of carbonyl (C=O) groups is 9. The third-order valence-electron chi connectivity index (χ3n) is 9.22. The van der Waals surface area contributed by atoms with E-state index in [1.54, 1.807) is 0 Å². The average Bonchev–Trinajstić information content (AvgIpc) is 3.33. The van der Waals surface area contributed by atoms with Crippen LogP contribution in [-0.4, -0.2) is 96.2 Å². The van der Waals surface area contributed by atoms with Crippen molar-refractivity contribution in [2.75, 3.05) is 58.6 Å². The molecule has 438 valence electrons. The number of hydrogen-bond acceptors (Lipinski definition) is 33. The maximum atomic E-state index is 14.2. The average molecular weight is 1400 g/mol. The van der Waals surface area contributed by atoms with Crippen molar-refractivity contribution in [3.63, 3.8) is 0 Å². The molecule has 0 aliphatic heterocycles. The van der Waals surface area contributed by atoms with Gasteiger partial charge in [0.05, 0.1) is 33.4 Å². The second-order valence-electron chi connectivity index (χ2n) is 14.6. The number of phosphoric ester groups is 6. The smallest absolute Gasteiger partial charge is 0.746 e. The molecule has 87 heavy (non-hydrogen) atoms. The van der Waals surface area contributed by atoms with E-state index < -0.39 is 168 Å². The van der Waals surface area contributed by atoms with E-state index in [-0.39, 0.29) is 177 Å². The molecule has 0 spiro atoms. The summed E-state index contributed by atoms with van der Waals surface area (Å²) in [6.07, 6.45) is 0. The van der Waals surface area contributed by atoms with Crippen molar-refractivity contribution < 1.29 is 332 Å². The second-order valence-corrected chi connectivity index (χ2v) is 23.3. The monoisotopic (exact) mass is 1390 g/mol. The van der Waals surface area contributed by atoms with Crippen molar-refractivity contribution in [3.05, 3.63) is 123 Å². The number of nitrogens with one attached hydrogen (secondary N) is 3. The zero-order chi connectivity index (χ0) is 61.2. The van der Waals surface area contributed by atoms with Crippen LogP contribution < -0.4 is 223 Å². The summed E-state index contributed by atoms with van der Waals surface area (Å²) in [4.78, 5) is 192. The molecule has 3 amide bonds. The molecular weight excluding hydrogens is 1360 g/mol. The summed E-state index contributed by atoms with van der Waals surface area (Å²) in [5, 5.41) is 6.28. The van der Waals surface area contributed by atoms with Crippen LogP contribution >= 0.6 is 46.9 Å². The Hall–Kier alpha value is -0.990. The van der Waals surface area contributed by atoms with Crippen LogP contribution in [-0.2, 0) is 81.7 Å². The van der Waals surface area contributed by atoms with Gasteiger partial charge in [0.1, 0.15) is 0 Å². The Balaban J connectivity index is -0.0000118. The van der Waals surface area contributed by atoms with Crippen molar-refractivity contribution >= 4 is 118 Å². The van der Waals surface area contributed by atoms with Crippen molar-refractivity contribution in [2.24, 2.45) is 0 Å². The van der Waals surface area contributed by atoms with E-state index in [0.29, 0.717) is 115 Å². The fourth-order valence-corrected chi connectivity index (χ4v) is 7.88. The fraction of sp³-hybridized carbons (Fsp3) is 0.154. The van der Waals surface area contributed by atoms with Gasteiger partial charge in [-0.2, -0.15) is 0 Å². The number of carbonyl (C=O) groups excluding carboxylic acids is 9. The van der Waals surface area contributed by atoms with Gasteiger partial charge in [-0.25, -0.2) is 28.8 Å². The van der Waals surface area contributed by atoms with Gasteiger partial charge in [0, 0.05) is 76.4 Å². The molecule has 0 saturated heterocycles. The van der Waals surface area contributed by atoms with Gasteiger partial charge in [0.15, 0.2) is 0 Å². The van der Waals surface area contributed by atoms with Gasteiger partial charge in [-0.15, -0.1) is 0 Å². The topological polar surface area (TPSA) is 541 Å². The van der Waals surface area contributed by atoms with Crippen LogP contribution in [0.15, 0.2) is 72.8 Å². The maximum absolute atomic E-state index is 14.2. The first-order valence-corrected chi connectivity index (χ1v) is 29.3. The van der Waals surface area contributed by atoms with Crippen LogP contribution in [0.2, 0.25) is 0 Å². The zero-order valence-electron chi connectivity index (χ0n) is 47.1. The quantitative estimate of drug-likeness (QED) is 0.0433. The first kappa shape index (κ1) is 90.2. The van der Waals surface area contributed by atoms with Gasteiger partial charge in [0.25, 0.3) is 17.7 Å². The molecule has 0 heterocycles. The number of benzene rings is 4. The van der Waals surface area contributed by atoms with Crippen LogP contribution in [0.25, 0.3) is 0 Å². The number of phosphoric acid groups is 6. The molecule has 0 saturated carbocycles. The van der Waals surface area contributed by atoms with Crippen molar-refractivity contribution in [2.45, 2.75) is 0 Å². The first-order chi connectivity index (χ1) is 37.4. The molecule has 0 aliphatic rings. The SMILES string of the molecule is COP(=O)([O-])OC(=O)c1cc(NC(=O)c2cc(C(=O)Nc3cc(C(=O)OP(=O)([O-])OC)cc(C(=O)OP(=O)([O-])OC)c3)cc(C(=O)Nc3cc(C(=O)OP(=O)([O-])OC)cc(C(=O)OP(=O)([O-])OC)c3)c2)cc(C(=O)OP(=O)([O-])OC)c1.[Na+].[Na+].[Na+].[Na+].[Na+].[Na+]. The third kappa shape index (κ3) is 28.6.